The maximum atomic E-state index is 11.6. The highest BCUT2D eigenvalue weighted by Gasteiger charge is 2.33. The van der Waals surface area contributed by atoms with Gasteiger partial charge in [0.25, 0.3) is 5.95 Å². The molecule has 1 fully saturated rings. The molecule has 1 heterocycles. The Balaban J connectivity index is 1.87. The van der Waals surface area contributed by atoms with Gasteiger partial charge >= 0.3 is 12.0 Å². The van der Waals surface area contributed by atoms with Crippen LogP contribution in [-0.2, 0) is 4.79 Å². The Hall–Kier alpha value is -2.25. The van der Waals surface area contributed by atoms with Gasteiger partial charge in [0.15, 0.2) is 0 Å². The normalized spacial score (nSPS) is 15.8. The molecule has 2 amide bonds. The van der Waals surface area contributed by atoms with Gasteiger partial charge in [-0.1, -0.05) is 0 Å². The second-order valence-corrected chi connectivity index (χ2v) is 4.11. The summed E-state index contributed by atoms with van der Waals surface area (Å²) in [6, 6.07) is -0.861. The third kappa shape index (κ3) is 3.65. The topological polar surface area (TPSA) is 117 Å². The molecule has 0 aliphatic heterocycles. The highest BCUT2D eigenvalue weighted by molar-refractivity contribution is 5.87. The molecule has 0 radical (unpaired) electrons. The molecule has 1 aliphatic rings. The van der Waals surface area contributed by atoms with Crippen LogP contribution in [0.25, 0.3) is 0 Å². The van der Waals surface area contributed by atoms with Gasteiger partial charge in [0.1, 0.15) is 0 Å². The van der Waals surface area contributed by atoms with Crippen molar-refractivity contribution in [2.45, 2.75) is 25.3 Å². The number of rotatable bonds is 5. The maximum absolute atomic E-state index is 11.6. The van der Waals surface area contributed by atoms with E-state index in [1.54, 1.807) is 0 Å². The van der Waals surface area contributed by atoms with Crippen molar-refractivity contribution >= 4 is 17.9 Å². The second-order valence-electron chi connectivity index (χ2n) is 4.11. The van der Waals surface area contributed by atoms with Crippen molar-refractivity contribution in [1.29, 1.82) is 0 Å². The van der Waals surface area contributed by atoms with Crippen molar-refractivity contribution in [3.8, 4) is 0 Å². The number of nitrogens with one attached hydrogen (secondary N) is 2. The first-order valence-electron chi connectivity index (χ1n) is 5.58. The zero-order chi connectivity index (χ0) is 13.0. The molecule has 2 rings (SSSR count). The molecule has 3 N–H and O–H groups in total. The zero-order valence-electron chi connectivity index (χ0n) is 9.54. The molecule has 1 aromatic heterocycles. The fourth-order valence-electron chi connectivity index (χ4n) is 1.63. The molecule has 18 heavy (non-hydrogen) atoms. The number of carboxylic acids is 1. The Morgan fingerprint density at radius 2 is 2.22 bits per heavy atom. The van der Waals surface area contributed by atoms with E-state index in [-0.39, 0.29) is 24.3 Å². The van der Waals surface area contributed by atoms with Crippen molar-refractivity contribution in [3.05, 3.63) is 12.4 Å². The summed E-state index contributed by atoms with van der Waals surface area (Å²) in [6.45, 7) is 0. The standard InChI is InChI=1S/C10H13N5O3/c16-8(17)5-7(6-1-2-6)13-10(18)14-9-11-3-4-12-15-9/h3-4,6-7H,1-2,5H2,(H,16,17)(H2,11,13,14,15,18). The number of aliphatic carboxylic acids is 1. The summed E-state index contributed by atoms with van der Waals surface area (Å²) in [4.78, 5) is 26.1. The predicted molar refractivity (Wildman–Crippen MR) is 60.7 cm³/mol. The summed E-state index contributed by atoms with van der Waals surface area (Å²) in [7, 11) is 0. The molecule has 1 aromatic rings. The molecule has 96 valence electrons. The number of carboxylic acid groups (broad SMARTS) is 1. The molecule has 1 saturated carbocycles. The number of hydrogen-bond donors (Lipinski definition) is 3. The van der Waals surface area contributed by atoms with Crippen molar-refractivity contribution in [2.24, 2.45) is 5.92 Å². The van der Waals surface area contributed by atoms with Crippen molar-refractivity contribution in [2.75, 3.05) is 5.32 Å². The van der Waals surface area contributed by atoms with Gasteiger partial charge in [0.2, 0.25) is 0 Å². The van der Waals surface area contributed by atoms with Gasteiger partial charge in [0.05, 0.1) is 18.8 Å². The maximum Gasteiger partial charge on any atom is 0.321 e. The lowest BCUT2D eigenvalue weighted by Crippen LogP contribution is -2.41. The van der Waals surface area contributed by atoms with Gasteiger partial charge in [-0.2, -0.15) is 5.10 Å². The predicted octanol–water partition coefficient (Wildman–Crippen LogP) is 0.246. The number of carbonyl (C=O) groups excluding carboxylic acids is 1. The number of nitrogens with zero attached hydrogens (tertiary/aromatic N) is 3. The van der Waals surface area contributed by atoms with E-state index in [0.29, 0.717) is 0 Å². The summed E-state index contributed by atoms with van der Waals surface area (Å²) >= 11 is 0. The minimum absolute atomic E-state index is 0.0774. The highest BCUT2D eigenvalue weighted by Crippen LogP contribution is 2.34. The van der Waals surface area contributed by atoms with Gasteiger partial charge in [-0.15, -0.1) is 5.10 Å². The number of carbonyl (C=O) groups is 2. The van der Waals surface area contributed by atoms with Crippen LogP contribution in [0.5, 0.6) is 0 Å². The Kier molecular flexibility index (Phi) is 3.66. The lowest BCUT2D eigenvalue weighted by molar-refractivity contribution is -0.137. The molecule has 0 saturated heterocycles. The quantitative estimate of drug-likeness (QED) is 0.690. The summed E-state index contributed by atoms with van der Waals surface area (Å²) in [5, 5.41) is 20.9. The van der Waals surface area contributed by atoms with Gasteiger partial charge in [-0.25, -0.2) is 9.78 Å². The monoisotopic (exact) mass is 251 g/mol. The number of anilines is 1. The molecule has 0 spiro atoms. The molecule has 8 heteroatoms. The largest absolute Gasteiger partial charge is 0.481 e. The Morgan fingerprint density at radius 3 is 2.78 bits per heavy atom. The molecule has 0 bridgehead atoms. The van der Waals surface area contributed by atoms with Crippen LogP contribution < -0.4 is 10.6 Å². The number of urea groups is 1. The zero-order valence-corrected chi connectivity index (χ0v) is 9.54. The highest BCUT2D eigenvalue weighted by atomic mass is 16.4. The van der Waals surface area contributed by atoms with E-state index >= 15 is 0 Å². The third-order valence-corrected chi connectivity index (χ3v) is 2.61. The minimum atomic E-state index is -0.926. The van der Waals surface area contributed by atoms with Crippen LogP contribution in [0.4, 0.5) is 10.7 Å². The Labute approximate surface area is 103 Å². The van der Waals surface area contributed by atoms with E-state index in [1.165, 1.54) is 12.4 Å². The van der Waals surface area contributed by atoms with E-state index in [0.717, 1.165) is 12.8 Å². The van der Waals surface area contributed by atoms with Crippen LogP contribution in [-0.4, -0.2) is 38.3 Å². The molecule has 1 atom stereocenters. The number of hydrogen-bond acceptors (Lipinski definition) is 5. The van der Waals surface area contributed by atoms with E-state index in [9.17, 15) is 9.59 Å². The lowest BCUT2D eigenvalue weighted by Gasteiger charge is -2.15. The number of aromatic nitrogens is 3. The number of amides is 2. The first kappa shape index (κ1) is 12.2. The summed E-state index contributed by atoms with van der Waals surface area (Å²) in [6.07, 6.45) is 4.61. The van der Waals surface area contributed by atoms with Gasteiger partial charge in [-0.3, -0.25) is 10.1 Å². The van der Waals surface area contributed by atoms with Gasteiger partial charge < -0.3 is 10.4 Å². The van der Waals surface area contributed by atoms with E-state index in [1.807, 2.05) is 0 Å². The van der Waals surface area contributed by atoms with E-state index in [2.05, 4.69) is 25.8 Å². The summed E-state index contributed by atoms with van der Waals surface area (Å²) in [5.74, 6) is -0.591. The van der Waals surface area contributed by atoms with Crippen LogP contribution in [0.15, 0.2) is 12.4 Å². The first-order valence-corrected chi connectivity index (χ1v) is 5.58. The second kappa shape index (κ2) is 5.39. The van der Waals surface area contributed by atoms with Crippen LogP contribution in [0.3, 0.4) is 0 Å². The molecular weight excluding hydrogens is 238 g/mol. The van der Waals surface area contributed by atoms with E-state index < -0.39 is 12.0 Å². The fraction of sp³-hybridized carbons (Fsp3) is 0.500. The smallest absolute Gasteiger partial charge is 0.321 e. The molecular formula is C10H13N5O3. The molecule has 1 aliphatic carbocycles. The van der Waals surface area contributed by atoms with Crippen LogP contribution in [0.2, 0.25) is 0 Å². The molecule has 8 nitrogen and oxygen atoms in total. The van der Waals surface area contributed by atoms with Crippen LogP contribution in [0, 0.1) is 5.92 Å². The van der Waals surface area contributed by atoms with Crippen molar-refractivity contribution < 1.29 is 14.7 Å². The Bertz CT molecular complexity index is 434. The lowest BCUT2D eigenvalue weighted by atomic mass is 10.1. The first-order chi connectivity index (χ1) is 8.65. The van der Waals surface area contributed by atoms with Crippen LogP contribution >= 0.6 is 0 Å². The van der Waals surface area contributed by atoms with Gasteiger partial charge in [0, 0.05) is 6.04 Å². The average molecular weight is 251 g/mol. The van der Waals surface area contributed by atoms with Crippen molar-refractivity contribution in [1.82, 2.24) is 20.5 Å². The van der Waals surface area contributed by atoms with Crippen molar-refractivity contribution in [3.63, 3.8) is 0 Å². The summed E-state index contributed by atoms with van der Waals surface area (Å²) < 4.78 is 0. The van der Waals surface area contributed by atoms with E-state index in [4.69, 9.17) is 5.11 Å². The third-order valence-electron chi connectivity index (χ3n) is 2.61. The molecule has 0 aromatic carbocycles. The summed E-state index contributed by atoms with van der Waals surface area (Å²) in [5.41, 5.74) is 0. The van der Waals surface area contributed by atoms with Gasteiger partial charge in [-0.05, 0) is 18.8 Å². The SMILES string of the molecule is O=C(O)CC(NC(=O)Nc1nccnn1)C1CC1. The molecule has 1 unspecified atom stereocenters. The average Bonchev–Trinajstić information content (AvgIpc) is 3.12. The van der Waals surface area contributed by atoms with Crippen LogP contribution in [0.1, 0.15) is 19.3 Å². The fourth-order valence-corrected chi connectivity index (χ4v) is 1.63. The minimum Gasteiger partial charge on any atom is -0.481 e. The Morgan fingerprint density at radius 1 is 1.44 bits per heavy atom.